The average molecular weight is 239 g/mol. The van der Waals surface area contributed by atoms with Crippen molar-refractivity contribution in [2.24, 2.45) is 0 Å². The minimum atomic E-state index is -1.16. The predicted octanol–water partition coefficient (Wildman–Crippen LogP) is 0.899. The summed E-state index contributed by atoms with van der Waals surface area (Å²) in [6, 6.07) is 5.35. The Morgan fingerprint density at radius 1 is 1.56 bits per heavy atom. The summed E-state index contributed by atoms with van der Waals surface area (Å²) >= 11 is 0. The summed E-state index contributed by atoms with van der Waals surface area (Å²) in [5.41, 5.74) is 7.88. The molecule has 0 saturated heterocycles. The second-order valence-electron chi connectivity index (χ2n) is 3.36. The maximum absolute atomic E-state index is 11.8. The van der Waals surface area contributed by atoms with Gasteiger partial charge in [-0.05, 0) is 18.2 Å². The second kappa shape index (κ2) is 4.63. The van der Waals surface area contributed by atoms with Crippen molar-refractivity contribution in [3.05, 3.63) is 18.2 Å². The van der Waals surface area contributed by atoms with Gasteiger partial charge in [0.2, 0.25) is 0 Å². The molecule has 0 bridgehead atoms. The Hall–Kier alpha value is -1.40. The fourth-order valence-corrected chi connectivity index (χ4v) is 2.30. The third-order valence-electron chi connectivity index (χ3n) is 2.17. The molecule has 0 radical (unpaired) electrons. The van der Waals surface area contributed by atoms with Crippen molar-refractivity contribution < 1.29 is 8.95 Å². The molecule has 1 aromatic carbocycles. The van der Waals surface area contributed by atoms with Crippen LogP contribution in [0.15, 0.2) is 23.4 Å². The van der Waals surface area contributed by atoms with E-state index in [1.807, 2.05) is 0 Å². The number of nitrogens with one attached hydrogen (secondary N) is 1. The Bertz CT molecular complexity index is 524. The number of rotatable bonds is 4. The van der Waals surface area contributed by atoms with Gasteiger partial charge in [0.05, 0.1) is 34.2 Å². The molecule has 1 heterocycles. The maximum atomic E-state index is 11.8. The molecule has 3 N–H and O–H groups in total. The largest absolute Gasteiger partial charge is 0.399 e. The molecule has 0 aliphatic heterocycles. The number of aromatic amines is 1. The summed E-state index contributed by atoms with van der Waals surface area (Å²) in [6.07, 6.45) is 0. The molecule has 5 nitrogen and oxygen atoms in total. The monoisotopic (exact) mass is 239 g/mol. The summed E-state index contributed by atoms with van der Waals surface area (Å²) in [7, 11) is 0.425. The van der Waals surface area contributed by atoms with Crippen LogP contribution in [0.4, 0.5) is 5.69 Å². The SMILES string of the molecule is COCCS(=O)c1nc2ccc(N)cc2[nH]1. The predicted molar refractivity (Wildman–Crippen MR) is 63.7 cm³/mol. The number of H-pyrrole nitrogens is 1. The van der Waals surface area contributed by atoms with Crippen LogP contribution in [0.5, 0.6) is 0 Å². The van der Waals surface area contributed by atoms with Crippen molar-refractivity contribution in [2.45, 2.75) is 5.16 Å². The molecule has 0 fully saturated rings. The van der Waals surface area contributed by atoms with Crippen LogP contribution >= 0.6 is 0 Å². The normalized spacial score (nSPS) is 13.1. The number of hydrogen-bond acceptors (Lipinski definition) is 4. The number of hydrogen-bond donors (Lipinski definition) is 2. The zero-order valence-electron chi connectivity index (χ0n) is 8.90. The highest BCUT2D eigenvalue weighted by Crippen LogP contribution is 2.16. The van der Waals surface area contributed by atoms with Gasteiger partial charge in [-0.3, -0.25) is 4.21 Å². The molecule has 0 amide bonds. The first kappa shape index (κ1) is 11.1. The minimum absolute atomic E-state index is 0.436. The Labute approximate surface area is 95.5 Å². The quantitative estimate of drug-likeness (QED) is 0.777. The zero-order chi connectivity index (χ0) is 11.5. The number of methoxy groups -OCH3 is 1. The van der Waals surface area contributed by atoms with Crippen molar-refractivity contribution in [1.82, 2.24) is 9.97 Å². The molecule has 0 aliphatic rings. The summed E-state index contributed by atoms with van der Waals surface area (Å²) in [5, 5.41) is 0.470. The molecule has 6 heteroatoms. The second-order valence-corrected chi connectivity index (χ2v) is 4.85. The third-order valence-corrected chi connectivity index (χ3v) is 3.33. The Balaban J connectivity index is 2.28. The van der Waals surface area contributed by atoms with E-state index in [1.54, 1.807) is 25.3 Å². The Kier molecular flexibility index (Phi) is 3.21. The van der Waals surface area contributed by atoms with Gasteiger partial charge in [0.25, 0.3) is 0 Å². The highest BCUT2D eigenvalue weighted by Gasteiger charge is 2.09. The van der Waals surface area contributed by atoms with Crippen LogP contribution in [0.25, 0.3) is 11.0 Å². The third kappa shape index (κ3) is 2.23. The van der Waals surface area contributed by atoms with Gasteiger partial charge < -0.3 is 15.5 Å². The lowest BCUT2D eigenvalue weighted by atomic mass is 10.3. The van der Waals surface area contributed by atoms with E-state index in [9.17, 15) is 4.21 Å². The van der Waals surface area contributed by atoms with Crippen LogP contribution in [-0.2, 0) is 15.5 Å². The topological polar surface area (TPSA) is 81.0 Å². The summed E-state index contributed by atoms with van der Waals surface area (Å²) in [4.78, 5) is 7.24. The van der Waals surface area contributed by atoms with Crippen molar-refractivity contribution in [3.63, 3.8) is 0 Å². The number of nitrogen functional groups attached to an aromatic ring is 1. The maximum Gasteiger partial charge on any atom is 0.197 e. The van der Waals surface area contributed by atoms with E-state index in [4.69, 9.17) is 10.5 Å². The average Bonchev–Trinajstić information content (AvgIpc) is 2.68. The highest BCUT2D eigenvalue weighted by molar-refractivity contribution is 7.84. The lowest BCUT2D eigenvalue weighted by Gasteiger charge is -1.96. The molecular weight excluding hydrogens is 226 g/mol. The highest BCUT2D eigenvalue weighted by atomic mass is 32.2. The molecule has 86 valence electrons. The van der Waals surface area contributed by atoms with E-state index in [-0.39, 0.29) is 0 Å². The van der Waals surface area contributed by atoms with Crippen molar-refractivity contribution in [3.8, 4) is 0 Å². The van der Waals surface area contributed by atoms with Gasteiger partial charge in [-0.2, -0.15) is 0 Å². The lowest BCUT2D eigenvalue weighted by molar-refractivity contribution is 0.218. The number of fused-ring (bicyclic) bond motifs is 1. The van der Waals surface area contributed by atoms with E-state index in [1.165, 1.54) is 0 Å². The molecule has 2 rings (SSSR count). The molecular formula is C10H13N3O2S. The number of nitrogens with zero attached hydrogens (tertiary/aromatic N) is 1. The summed E-state index contributed by atoms with van der Waals surface area (Å²) in [5.74, 6) is 0.436. The van der Waals surface area contributed by atoms with E-state index < -0.39 is 10.8 Å². The van der Waals surface area contributed by atoms with Gasteiger partial charge in [0.15, 0.2) is 5.16 Å². The number of benzene rings is 1. The van der Waals surface area contributed by atoms with Gasteiger partial charge in [0.1, 0.15) is 0 Å². The van der Waals surface area contributed by atoms with Crippen molar-refractivity contribution in [1.29, 1.82) is 0 Å². The first-order valence-electron chi connectivity index (χ1n) is 4.83. The van der Waals surface area contributed by atoms with E-state index in [0.717, 1.165) is 11.0 Å². The van der Waals surface area contributed by atoms with Crippen molar-refractivity contribution in [2.75, 3.05) is 25.2 Å². The van der Waals surface area contributed by atoms with Gasteiger partial charge in [-0.1, -0.05) is 0 Å². The van der Waals surface area contributed by atoms with E-state index >= 15 is 0 Å². The first-order valence-corrected chi connectivity index (χ1v) is 6.15. The number of aromatic nitrogens is 2. The van der Waals surface area contributed by atoms with Crippen LogP contribution in [0.2, 0.25) is 0 Å². The zero-order valence-corrected chi connectivity index (χ0v) is 9.71. The lowest BCUT2D eigenvalue weighted by Crippen LogP contribution is -2.05. The van der Waals surface area contributed by atoms with Crippen LogP contribution < -0.4 is 5.73 Å². The van der Waals surface area contributed by atoms with Gasteiger partial charge in [-0.15, -0.1) is 0 Å². The fourth-order valence-electron chi connectivity index (χ4n) is 1.37. The minimum Gasteiger partial charge on any atom is -0.399 e. The van der Waals surface area contributed by atoms with Gasteiger partial charge in [0, 0.05) is 12.8 Å². The van der Waals surface area contributed by atoms with Crippen LogP contribution in [-0.4, -0.2) is 33.6 Å². The standard InChI is InChI=1S/C10H13N3O2S/c1-15-4-5-16(14)10-12-8-3-2-7(11)6-9(8)13-10/h2-3,6H,4-5,11H2,1H3,(H,12,13). The van der Waals surface area contributed by atoms with E-state index in [2.05, 4.69) is 9.97 Å². The summed E-state index contributed by atoms with van der Waals surface area (Å²) in [6.45, 7) is 0.450. The van der Waals surface area contributed by atoms with Crippen LogP contribution in [0.3, 0.4) is 0 Å². The Morgan fingerprint density at radius 2 is 2.38 bits per heavy atom. The van der Waals surface area contributed by atoms with Gasteiger partial charge in [-0.25, -0.2) is 4.98 Å². The smallest absolute Gasteiger partial charge is 0.197 e. The van der Waals surface area contributed by atoms with Crippen LogP contribution in [0.1, 0.15) is 0 Å². The molecule has 0 saturated carbocycles. The fraction of sp³-hybridized carbons (Fsp3) is 0.300. The molecule has 16 heavy (non-hydrogen) atoms. The molecule has 1 atom stereocenters. The van der Waals surface area contributed by atoms with E-state index in [0.29, 0.717) is 23.2 Å². The molecule has 1 aromatic heterocycles. The van der Waals surface area contributed by atoms with Crippen LogP contribution in [0, 0.1) is 0 Å². The first-order chi connectivity index (χ1) is 7.70. The number of nitrogens with two attached hydrogens (primary N) is 1. The molecule has 0 spiro atoms. The van der Waals surface area contributed by atoms with Crippen molar-refractivity contribution >= 4 is 27.5 Å². The number of imidazole rings is 1. The molecule has 1 unspecified atom stereocenters. The number of anilines is 1. The Morgan fingerprint density at radius 3 is 3.12 bits per heavy atom. The summed E-state index contributed by atoms with van der Waals surface area (Å²) < 4.78 is 16.6. The molecule has 0 aliphatic carbocycles. The number of ether oxygens (including phenoxy) is 1. The molecule has 2 aromatic rings. The van der Waals surface area contributed by atoms with Gasteiger partial charge >= 0.3 is 0 Å².